The molecular formula is C34H62NO12P. The van der Waals surface area contributed by atoms with E-state index in [2.05, 4.69) is 25.2 Å². The highest BCUT2D eigenvalue weighted by molar-refractivity contribution is 7.47. The van der Waals surface area contributed by atoms with E-state index in [1.54, 1.807) is 12.2 Å². The van der Waals surface area contributed by atoms with E-state index in [1.165, 1.54) is 44.3 Å². The number of nitrogens with one attached hydrogen (secondary N) is 1. The summed E-state index contributed by atoms with van der Waals surface area (Å²) in [5, 5.41) is 73.4. The number of carbonyl (C=O) groups is 1. The molecule has 8 unspecified atom stereocenters. The lowest BCUT2D eigenvalue weighted by molar-refractivity contribution is -0.220. The van der Waals surface area contributed by atoms with E-state index >= 15 is 0 Å². The van der Waals surface area contributed by atoms with Crippen LogP contribution in [0.2, 0.25) is 0 Å². The molecule has 1 rings (SSSR count). The average molecular weight is 708 g/mol. The van der Waals surface area contributed by atoms with Gasteiger partial charge in [0.25, 0.3) is 0 Å². The maximum absolute atomic E-state index is 12.8. The Kier molecular flexibility index (Phi) is 23.6. The highest BCUT2D eigenvalue weighted by Crippen LogP contribution is 2.47. The number of aliphatic hydroxyl groups excluding tert-OH is 7. The molecule has 0 aromatic heterocycles. The monoisotopic (exact) mass is 707 g/mol. The summed E-state index contributed by atoms with van der Waals surface area (Å²) >= 11 is 0. The quantitative estimate of drug-likeness (QED) is 0.0359. The Morgan fingerprint density at radius 1 is 0.729 bits per heavy atom. The summed E-state index contributed by atoms with van der Waals surface area (Å²) in [6.07, 6.45) is 10.5. The zero-order valence-electron chi connectivity index (χ0n) is 28.6. The summed E-state index contributed by atoms with van der Waals surface area (Å²) in [6, 6.07) is -1.27. The molecule has 0 radical (unpaired) electrons. The lowest BCUT2D eigenvalue weighted by Crippen LogP contribution is -2.64. The molecule has 0 heterocycles. The second-order valence-corrected chi connectivity index (χ2v) is 14.0. The number of hydrogen-bond donors (Lipinski definition) is 9. The van der Waals surface area contributed by atoms with Crippen LogP contribution >= 0.6 is 7.82 Å². The van der Waals surface area contributed by atoms with E-state index < -0.39 is 75.2 Å². The van der Waals surface area contributed by atoms with Crippen LogP contribution in [0.15, 0.2) is 36.5 Å². The molecular weight excluding hydrogens is 645 g/mol. The highest BCUT2D eigenvalue weighted by Gasteiger charge is 2.51. The number of unbranched alkanes of at least 4 members (excludes halogenated alkanes) is 11. The second-order valence-electron chi connectivity index (χ2n) is 12.5. The van der Waals surface area contributed by atoms with Crippen LogP contribution in [0.3, 0.4) is 0 Å². The molecule has 1 saturated carbocycles. The average Bonchev–Trinajstić information content (AvgIpc) is 3.05. The molecule has 0 spiro atoms. The molecule has 1 aliphatic carbocycles. The van der Waals surface area contributed by atoms with Gasteiger partial charge in [0.2, 0.25) is 5.91 Å². The molecule has 0 aromatic rings. The minimum atomic E-state index is -5.13. The van der Waals surface area contributed by atoms with Gasteiger partial charge in [-0.1, -0.05) is 108 Å². The van der Waals surface area contributed by atoms with Crippen LogP contribution in [0.4, 0.5) is 0 Å². The van der Waals surface area contributed by atoms with Gasteiger partial charge in [0, 0.05) is 0 Å². The lowest BCUT2D eigenvalue weighted by Gasteiger charge is -2.41. The molecule has 0 bridgehead atoms. The molecule has 13 nitrogen and oxygen atoms in total. The van der Waals surface area contributed by atoms with Crippen molar-refractivity contribution in [1.82, 2.24) is 5.32 Å². The summed E-state index contributed by atoms with van der Waals surface area (Å²) in [5.74, 6) is -0.668. The van der Waals surface area contributed by atoms with Gasteiger partial charge in [-0.05, 0) is 32.1 Å². The smallest absolute Gasteiger partial charge is 0.389 e. The number of phosphoric acid groups is 1. The van der Waals surface area contributed by atoms with Gasteiger partial charge in [-0.3, -0.25) is 13.8 Å². The fourth-order valence-corrected chi connectivity index (χ4v) is 6.20. The van der Waals surface area contributed by atoms with Crippen molar-refractivity contribution in [2.24, 2.45) is 0 Å². The van der Waals surface area contributed by atoms with E-state index in [4.69, 9.17) is 9.05 Å². The van der Waals surface area contributed by atoms with Crippen molar-refractivity contribution >= 4 is 13.7 Å². The molecule has 0 aromatic carbocycles. The summed E-state index contributed by atoms with van der Waals surface area (Å²) in [4.78, 5) is 23.1. The molecule has 1 amide bonds. The van der Waals surface area contributed by atoms with E-state index in [-0.39, 0.29) is 6.42 Å². The number of phosphoric ester groups is 1. The van der Waals surface area contributed by atoms with Crippen molar-refractivity contribution in [3.63, 3.8) is 0 Å². The van der Waals surface area contributed by atoms with Crippen molar-refractivity contribution < 1.29 is 59.0 Å². The topological polar surface area (TPSA) is 226 Å². The molecule has 48 heavy (non-hydrogen) atoms. The van der Waals surface area contributed by atoms with Gasteiger partial charge in [0.15, 0.2) is 0 Å². The van der Waals surface area contributed by atoms with Crippen LogP contribution in [-0.4, -0.2) is 108 Å². The molecule has 0 saturated heterocycles. The van der Waals surface area contributed by atoms with Crippen molar-refractivity contribution in [3.05, 3.63) is 36.5 Å². The van der Waals surface area contributed by atoms with Crippen molar-refractivity contribution in [3.8, 4) is 0 Å². The Bertz CT molecular complexity index is 979. The van der Waals surface area contributed by atoms with Crippen LogP contribution < -0.4 is 5.32 Å². The number of amides is 1. The van der Waals surface area contributed by atoms with Crippen LogP contribution in [-0.2, 0) is 18.4 Å². The third-order valence-electron chi connectivity index (χ3n) is 8.23. The molecule has 9 N–H and O–H groups in total. The van der Waals surface area contributed by atoms with Gasteiger partial charge in [-0.15, -0.1) is 0 Å². The van der Waals surface area contributed by atoms with Crippen LogP contribution in [0.25, 0.3) is 0 Å². The third kappa shape index (κ3) is 18.5. The second kappa shape index (κ2) is 25.5. The van der Waals surface area contributed by atoms with E-state index in [0.717, 1.165) is 44.9 Å². The molecule has 14 heteroatoms. The Labute approximate surface area is 286 Å². The van der Waals surface area contributed by atoms with E-state index in [9.17, 15) is 50.0 Å². The van der Waals surface area contributed by atoms with Gasteiger partial charge < -0.3 is 46.0 Å². The van der Waals surface area contributed by atoms with Gasteiger partial charge in [-0.25, -0.2) is 4.57 Å². The Hall–Kier alpha value is -1.48. The first-order valence-electron chi connectivity index (χ1n) is 17.5. The first-order chi connectivity index (χ1) is 22.8. The molecule has 1 aliphatic rings. The maximum atomic E-state index is 12.8. The lowest BCUT2D eigenvalue weighted by atomic mass is 9.85. The van der Waals surface area contributed by atoms with Crippen molar-refractivity contribution in [2.45, 2.75) is 165 Å². The SMILES string of the molecule is CCCCCCC/C=C/C(O)C(COP(=O)(O)OC1C(O)C(O)C(O)C(O)C1O)NC(=O)CC(O)/C=C\C/C=C\CCCCCCCC. The summed E-state index contributed by atoms with van der Waals surface area (Å²) in [5.41, 5.74) is 0. The highest BCUT2D eigenvalue weighted by atomic mass is 31.2. The largest absolute Gasteiger partial charge is 0.472 e. The van der Waals surface area contributed by atoms with Crippen LogP contribution in [0.1, 0.15) is 110 Å². The third-order valence-corrected chi connectivity index (χ3v) is 9.21. The Morgan fingerprint density at radius 2 is 1.25 bits per heavy atom. The first kappa shape index (κ1) is 44.5. The fourth-order valence-electron chi connectivity index (χ4n) is 5.24. The van der Waals surface area contributed by atoms with E-state index in [1.807, 2.05) is 6.08 Å². The predicted molar refractivity (Wildman–Crippen MR) is 183 cm³/mol. The van der Waals surface area contributed by atoms with Gasteiger partial charge in [-0.2, -0.15) is 0 Å². The Morgan fingerprint density at radius 3 is 1.83 bits per heavy atom. The zero-order valence-corrected chi connectivity index (χ0v) is 29.5. The normalized spacial score (nSPS) is 26.6. The molecule has 280 valence electrons. The molecule has 0 aliphatic heterocycles. The summed E-state index contributed by atoms with van der Waals surface area (Å²) < 4.78 is 22.5. The summed E-state index contributed by atoms with van der Waals surface area (Å²) in [6.45, 7) is 3.55. The van der Waals surface area contributed by atoms with Crippen molar-refractivity contribution in [1.29, 1.82) is 0 Å². The first-order valence-corrected chi connectivity index (χ1v) is 19.0. The minimum Gasteiger partial charge on any atom is -0.389 e. The number of aliphatic hydroxyl groups is 7. The molecule has 8 atom stereocenters. The van der Waals surface area contributed by atoms with Gasteiger partial charge in [0.1, 0.15) is 36.6 Å². The number of hydrogen-bond acceptors (Lipinski definition) is 11. The van der Waals surface area contributed by atoms with Gasteiger partial charge >= 0.3 is 7.82 Å². The standard InChI is InChI=1S/C34H62NO12P/c1-3-5-7-9-11-12-13-14-16-17-19-21-25(36)23-28(38)35-26(27(37)22-20-18-15-10-8-6-4-2)24-46-48(44,45)47-34-32(42)30(40)29(39)31(41)33(34)43/h14,16,19-22,25-27,29-34,36-37,39-43H,3-13,15,17-18,23-24H2,1-2H3,(H,35,38)(H,44,45)/b16-14-,21-19-,22-20+. The number of carbonyl (C=O) groups excluding carboxylic acids is 1. The van der Waals surface area contributed by atoms with Crippen LogP contribution in [0, 0.1) is 0 Å². The maximum Gasteiger partial charge on any atom is 0.472 e. The Balaban J connectivity index is 2.74. The number of allylic oxidation sites excluding steroid dienone is 4. The summed E-state index contributed by atoms with van der Waals surface area (Å²) in [7, 11) is -5.13. The van der Waals surface area contributed by atoms with Gasteiger partial charge in [0.05, 0.1) is 31.3 Å². The fraction of sp³-hybridized carbons (Fsp3) is 0.794. The van der Waals surface area contributed by atoms with Crippen LogP contribution in [0.5, 0.6) is 0 Å². The molecule has 1 fully saturated rings. The predicted octanol–water partition coefficient (Wildman–Crippen LogP) is 3.07. The zero-order chi connectivity index (χ0) is 36.0. The minimum absolute atomic E-state index is 0.353. The van der Waals surface area contributed by atoms with Crippen molar-refractivity contribution in [2.75, 3.05) is 6.61 Å². The number of rotatable bonds is 26. The van der Waals surface area contributed by atoms with E-state index in [0.29, 0.717) is 12.8 Å².